The lowest BCUT2D eigenvalue weighted by Gasteiger charge is -2.23. The Bertz CT molecular complexity index is 249. The summed E-state index contributed by atoms with van der Waals surface area (Å²) >= 11 is 0. The van der Waals surface area contributed by atoms with E-state index in [-0.39, 0.29) is 24.0 Å². The van der Waals surface area contributed by atoms with E-state index in [9.17, 15) is 0 Å². The van der Waals surface area contributed by atoms with Crippen LogP contribution in [-0.4, -0.2) is 31.3 Å². The summed E-state index contributed by atoms with van der Waals surface area (Å²) in [7, 11) is 0. The Morgan fingerprint density at radius 3 is 2.61 bits per heavy atom. The first-order valence-corrected chi connectivity index (χ1v) is 7.02. The molecular formula is C13H26IN3O. The number of guanidine groups is 1. The third kappa shape index (κ3) is 5.73. The highest BCUT2D eigenvalue weighted by atomic mass is 127. The highest BCUT2D eigenvalue weighted by Crippen LogP contribution is 2.17. The lowest BCUT2D eigenvalue weighted by atomic mass is 9.96. The van der Waals surface area contributed by atoms with Gasteiger partial charge in [0.15, 0.2) is 5.96 Å². The minimum atomic E-state index is 0. The van der Waals surface area contributed by atoms with E-state index in [0.29, 0.717) is 18.1 Å². The molecule has 5 heteroatoms. The monoisotopic (exact) mass is 367 g/mol. The van der Waals surface area contributed by atoms with Gasteiger partial charge in [0.25, 0.3) is 0 Å². The highest BCUT2D eigenvalue weighted by molar-refractivity contribution is 14.0. The number of ether oxygens (including phenoxy) is 1. The fourth-order valence-electron chi connectivity index (χ4n) is 2.70. The molecule has 3 N–H and O–H groups in total. The molecule has 106 valence electrons. The van der Waals surface area contributed by atoms with Crippen LogP contribution in [0.4, 0.5) is 0 Å². The first-order chi connectivity index (χ1) is 8.34. The van der Waals surface area contributed by atoms with Crippen LogP contribution >= 0.6 is 24.0 Å². The summed E-state index contributed by atoms with van der Waals surface area (Å²) in [4.78, 5) is 4.39. The third-order valence-corrected chi connectivity index (χ3v) is 3.71. The Morgan fingerprint density at radius 1 is 1.17 bits per heavy atom. The zero-order valence-electron chi connectivity index (χ0n) is 11.1. The Labute approximate surface area is 127 Å². The molecule has 2 aliphatic rings. The maximum atomic E-state index is 5.89. The molecule has 1 aliphatic heterocycles. The van der Waals surface area contributed by atoms with E-state index in [1.165, 1.54) is 44.9 Å². The number of rotatable bonds is 4. The second kappa shape index (κ2) is 8.96. The van der Waals surface area contributed by atoms with Crippen molar-refractivity contribution in [2.75, 3.05) is 13.2 Å². The van der Waals surface area contributed by atoms with E-state index in [1.807, 2.05) is 0 Å². The predicted molar refractivity (Wildman–Crippen MR) is 85.5 cm³/mol. The van der Waals surface area contributed by atoms with Crippen molar-refractivity contribution >= 4 is 29.9 Å². The van der Waals surface area contributed by atoms with Crippen molar-refractivity contribution in [2.45, 2.75) is 63.5 Å². The van der Waals surface area contributed by atoms with Gasteiger partial charge in [-0.15, -0.1) is 24.0 Å². The summed E-state index contributed by atoms with van der Waals surface area (Å²) in [5.41, 5.74) is 5.89. The quantitative estimate of drug-likeness (QED) is 0.456. The van der Waals surface area contributed by atoms with Crippen molar-refractivity contribution in [3.8, 4) is 0 Å². The minimum Gasteiger partial charge on any atom is -0.378 e. The molecule has 0 amide bonds. The smallest absolute Gasteiger partial charge is 0.188 e. The number of halogens is 1. The van der Waals surface area contributed by atoms with Crippen LogP contribution in [0, 0.1) is 0 Å². The molecule has 1 saturated carbocycles. The standard InChI is InChI=1S/C13H25N3O.HI/c14-13(16-11-5-2-1-3-6-11)15-9-8-12-7-4-10-17-12;/h11-12H,1-10H2,(H3,14,15,16);1H. The summed E-state index contributed by atoms with van der Waals surface area (Å²) in [6, 6.07) is 0.551. The molecule has 1 unspecified atom stereocenters. The van der Waals surface area contributed by atoms with Gasteiger partial charge in [-0.25, -0.2) is 0 Å². The first-order valence-electron chi connectivity index (χ1n) is 7.02. The van der Waals surface area contributed by atoms with Crippen molar-refractivity contribution in [3.05, 3.63) is 0 Å². The predicted octanol–water partition coefficient (Wildman–Crippen LogP) is 2.41. The molecule has 1 saturated heterocycles. The molecule has 0 radical (unpaired) electrons. The van der Waals surface area contributed by atoms with Crippen LogP contribution < -0.4 is 11.1 Å². The van der Waals surface area contributed by atoms with E-state index in [2.05, 4.69) is 10.3 Å². The molecule has 0 aromatic heterocycles. The van der Waals surface area contributed by atoms with Gasteiger partial charge in [-0.1, -0.05) is 19.3 Å². The summed E-state index contributed by atoms with van der Waals surface area (Å²) in [5.74, 6) is 0.620. The van der Waals surface area contributed by atoms with Crippen molar-refractivity contribution < 1.29 is 4.74 Å². The SMILES string of the molecule is I.NC(=NCCC1CCCO1)NC1CCCCC1. The van der Waals surface area contributed by atoms with E-state index < -0.39 is 0 Å². The number of hydrogen-bond donors (Lipinski definition) is 2. The van der Waals surface area contributed by atoms with E-state index in [1.54, 1.807) is 0 Å². The summed E-state index contributed by atoms with van der Waals surface area (Å²) in [6.07, 6.45) is 10.3. The Kier molecular flexibility index (Phi) is 7.97. The first kappa shape index (κ1) is 16.0. The zero-order valence-corrected chi connectivity index (χ0v) is 13.4. The summed E-state index contributed by atoms with van der Waals surface area (Å²) < 4.78 is 5.55. The molecule has 1 aliphatic carbocycles. The number of nitrogens with one attached hydrogen (secondary N) is 1. The number of hydrogen-bond acceptors (Lipinski definition) is 2. The van der Waals surface area contributed by atoms with Crippen LogP contribution in [0.1, 0.15) is 51.4 Å². The minimum absolute atomic E-state index is 0. The van der Waals surface area contributed by atoms with Gasteiger partial charge in [-0.3, -0.25) is 4.99 Å². The van der Waals surface area contributed by atoms with Gasteiger partial charge in [0.1, 0.15) is 0 Å². The van der Waals surface area contributed by atoms with Crippen LogP contribution in [-0.2, 0) is 4.74 Å². The molecule has 0 spiro atoms. The van der Waals surface area contributed by atoms with Gasteiger partial charge in [-0.05, 0) is 32.1 Å². The zero-order chi connectivity index (χ0) is 11.9. The summed E-state index contributed by atoms with van der Waals surface area (Å²) in [6.45, 7) is 1.71. The van der Waals surface area contributed by atoms with E-state index in [4.69, 9.17) is 10.5 Å². The fraction of sp³-hybridized carbons (Fsp3) is 0.923. The Morgan fingerprint density at radius 2 is 1.94 bits per heavy atom. The number of nitrogens with zero attached hydrogens (tertiary/aromatic N) is 1. The molecule has 2 rings (SSSR count). The van der Waals surface area contributed by atoms with Crippen molar-refractivity contribution in [1.29, 1.82) is 0 Å². The van der Waals surface area contributed by atoms with Crippen LogP contribution in [0.15, 0.2) is 4.99 Å². The van der Waals surface area contributed by atoms with Gasteiger partial charge < -0.3 is 15.8 Å². The van der Waals surface area contributed by atoms with Gasteiger partial charge in [0, 0.05) is 19.2 Å². The van der Waals surface area contributed by atoms with Crippen molar-refractivity contribution in [2.24, 2.45) is 10.7 Å². The summed E-state index contributed by atoms with van der Waals surface area (Å²) in [5, 5.41) is 3.33. The largest absolute Gasteiger partial charge is 0.378 e. The van der Waals surface area contributed by atoms with Gasteiger partial charge >= 0.3 is 0 Å². The molecular weight excluding hydrogens is 341 g/mol. The average molecular weight is 367 g/mol. The van der Waals surface area contributed by atoms with Gasteiger partial charge in [0.2, 0.25) is 0 Å². The van der Waals surface area contributed by atoms with E-state index >= 15 is 0 Å². The molecule has 18 heavy (non-hydrogen) atoms. The third-order valence-electron chi connectivity index (χ3n) is 3.71. The van der Waals surface area contributed by atoms with E-state index in [0.717, 1.165) is 19.6 Å². The topological polar surface area (TPSA) is 59.6 Å². The van der Waals surface area contributed by atoms with Crippen LogP contribution in [0.5, 0.6) is 0 Å². The lowest BCUT2D eigenvalue weighted by molar-refractivity contribution is 0.106. The normalized spacial score (nSPS) is 25.8. The van der Waals surface area contributed by atoms with Crippen molar-refractivity contribution in [1.82, 2.24) is 5.32 Å². The molecule has 4 nitrogen and oxygen atoms in total. The number of aliphatic imine (C=N–C) groups is 1. The second-order valence-electron chi connectivity index (χ2n) is 5.17. The molecule has 0 aromatic rings. The molecule has 0 aromatic carbocycles. The maximum Gasteiger partial charge on any atom is 0.188 e. The van der Waals surface area contributed by atoms with Gasteiger partial charge in [0.05, 0.1) is 6.10 Å². The second-order valence-corrected chi connectivity index (χ2v) is 5.17. The van der Waals surface area contributed by atoms with Crippen LogP contribution in [0.25, 0.3) is 0 Å². The highest BCUT2D eigenvalue weighted by Gasteiger charge is 2.15. The van der Waals surface area contributed by atoms with Gasteiger partial charge in [-0.2, -0.15) is 0 Å². The Hall–Kier alpha value is -0.0400. The van der Waals surface area contributed by atoms with Crippen LogP contribution in [0.2, 0.25) is 0 Å². The van der Waals surface area contributed by atoms with Crippen molar-refractivity contribution in [3.63, 3.8) is 0 Å². The average Bonchev–Trinajstić information content (AvgIpc) is 2.83. The molecule has 1 atom stereocenters. The molecule has 0 bridgehead atoms. The fourth-order valence-corrected chi connectivity index (χ4v) is 2.70. The Balaban J connectivity index is 0.00000162. The maximum absolute atomic E-state index is 5.89. The number of nitrogens with two attached hydrogens (primary N) is 1. The molecule has 1 heterocycles. The molecule has 2 fully saturated rings. The van der Waals surface area contributed by atoms with Crippen LogP contribution in [0.3, 0.4) is 0 Å². The lowest BCUT2D eigenvalue weighted by Crippen LogP contribution is -2.41.